The molecule has 0 aliphatic rings. The molecular formula is C20H13F6N3. The van der Waals surface area contributed by atoms with E-state index in [1.54, 1.807) is 6.07 Å². The smallest absolute Gasteiger partial charge is 0.288 e. The van der Waals surface area contributed by atoms with Crippen LogP contribution in [0.4, 0.5) is 26.3 Å². The van der Waals surface area contributed by atoms with Gasteiger partial charge >= 0.3 is 12.4 Å². The summed E-state index contributed by atoms with van der Waals surface area (Å²) in [6.07, 6.45) is -7.13. The third-order valence-corrected chi connectivity index (χ3v) is 3.87. The average Bonchev–Trinajstić information content (AvgIpc) is 2.65. The number of hydrogen-bond acceptors (Lipinski definition) is 3. The lowest BCUT2D eigenvalue weighted by molar-refractivity contribution is -0.138. The summed E-state index contributed by atoms with van der Waals surface area (Å²) in [5.74, 6) is 0. The summed E-state index contributed by atoms with van der Waals surface area (Å²) in [4.78, 5) is 3.76. The zero-order chi connectivity index (χ0) is 21.8. The van der Waals surface area contributed by atoms with Crippen LogP contribution in [0.15, 0.2) is 47.5 Å². The number of nitrogens with one attached hydrogen (secondary N) is 1. The van der Waals surface area contributed by atoms with Gasteiger partial charge in [0.1, 0.15) is 11.8 Å². The summed E-state index contributed by atoms with van der Waals surface area (Å²) in [5, 5.41) is 16.4. The lowest BCUT2D eigenvalue weighted by Crippen LogP contribution is -2.14. The second kappa shape index (κ2) is 8.31. The van der Waals surface area contributed by atoms with Gasteiger partial charge in [0.05, 0.1) is 11.1 Å². The third kappa shape index (κ3) is 5.31. The number of rotatable bonds is 4. The molecule has 0 aromatic heterocycles. The molecule has 0 heterocycles. The van der Waals surface area contributed by atoms with E-state index < -0.39 is 29.2 Å². The Hall–Kier alpha value is -3.41. The molecule has 0 aliphatic heterocycles. The van der Waals surface area contributed by atoms with Crippen molar-refractivity contribution in [2.75, 3.05) is 7.05 Å². The maximum absolute atomic E-state index is 13.3. The molecule has 9 heteroatoms. The molecule has 0 aliphatic carbocycles. The van der Waals surface area contributed by atoms with Crippen LogP contribution >= 0.6 is 0 Å². The van der Waals surface area contributed by atoms with Gasteiger partial charge in [-0.25, -0.2) is 0 Å². The molecule has 2 aromatic carbocycles. The fraction of sp³-hybridized carbons (Fsp3) is 0.150. The van der Waals surface area contributed by atoms with Gasteiger partial charge in [0.15, 0.2) is 5.71 Å². The largest absolute Gasteiger partial charge is 0.416 e. The van der Waals surface area contributed by atoms with Gasteiger partial charge < -0.3 is 0 Å². The lowest BCUT2D eigenvalue weighted by atomic mass is 9.98. The molecule has 0 saturated heterocycles. The highest BCUT2D eigenvalue weighted by molar-refractivity contribution is 6.52. The van der Waals surface area contributed by atoms with Gasteiger partial charge in [0.25, 0.3) is 0 Å². The van der Waals surface area contributed by atoms with E-state index in [0.29, 0.717) is 0 Å². The molecule has 0 unspecified atom stereocenters. The van der Waals surface area contributed by atoms with E-state index in [-0.39, 0.29) is 22.4 Å². The summed E-state index contributed by atoms with van der Waals surface area (Å²) >= 11 is 0. The molecule has 0 spiro atoms. The van der Waals surface area contributed by atoms with E-state index in [0.717, 1.165) is 48.6 Å². The number of halogens is 6. The van der Waals surface area contributed by atoms with Crippen molar-refractivity contribution >= 4 is 23.6 Å². The van der Waals surface area contributed by atoms with Crippen LogP contribution in [0.3, 0.4) is 0 Å². The third-order valence-electron chi connectivity index (χ3n) is 3.87. The van der Waals surface area contributed by atoms with Crippen molar-refractivity contribution in [3.63, 3.8) is 0 Å². The molecule has 1 N–H and O–H groups in total. The number of nitriles is 1. The summed E-state index contributed by atoms with van der Waals surface area (Å²) in [7, 11) is 1.29. The highest BCUT2D eigenvalue weighted by Gasteiger charge is 2.33. The predicted molar refractivity (Wildman–Crippen MR) is 97.6 cm³/mol. The van der Waals surface area contributed by atoms with Crippen molar-refractivity contribution in [2.24, 2.45) is 4.99 Å². The molecule has 0 fully saturated rings. The SMILES string of the molecule is CN=C(C(=N)C#N)c1ccc(C(F)(F)F)c(/C=C/c2cccc(C(F)(F)F)c2)c1. The Labute approximate surface area is 162 Å². The Kier molecular flexibility index (Phi) is 6.27. The van der Waals surface area contributed by atoms with Crippen molar-refractivity contribution in [1.29, 1.82) is 10.7 Å². The second-order valence-corrected chi connectivity index (χ2v) is 5.82. The van der Waals surface area contributed by atoms with Crippen LogP contribution in [0.1, 0.15) is 27.8 Å². The first kappa shape index (κ1) is 21.9. The maximum Gasteiger partial charge on any atom is 0.416 e. The highest BCUT2D eigenvalue weighted by atomic mass is 19.4. The minimum Gasteiger partial charge on any atom is -0.288 e. The minimum absolute atomic E-state index is 0.0625. The van der Waals surface area contributed by atoms with Gasteiger partial charge in [-0.1, -0.05) is 30.4 Å². The van der Waals surface area contributed by atoms with Crippen LogP contribution in [0.2, 0.25) is 0 Å². The normalized spacial score (nSPS) is 12.8. The standard InChI is InChI=1S/C20H13F6N3/c1-29-18(17(28)11-27)14-7-8-16(20(24,25)26)13(10-14)6-5-12-3-2-4-15(9-12)19(21,22)23/h2-10,28H,1H3/b6-5+,28-17?,29-18?. The summed E-state index contributed by atoms with van der Waals surface area (Å²) in [5.41, 5.74) is -2.73. The van der Waals surface area contributed by atoms with Gasteiger partial charge in [-0.3, -0.25) is 10.4 Å². The van der Waals surface area contributed by atoms with Crippen molar-refractivity contribution in [2.45, 2.75) is 12.4 Å². The second-order valence-electron chi connectivity index (χ2n) is 5.82. The number of nitrogens with zero attached hydrogens (tertiary/aromatic N) is 2. The first-order valence-corrected chi connectivity index (χ1v) is 8.00. The monoisotopic (exact) mass is 409 g/mol. The van der Waals surface area contributed by atoms with Crippen LogP contribution in [-0.2, 0) is 12.4 Å². The Morgan fingerprint density at radius 1 is 1.00 bits per heavy atom. The Bertz CT molecular complexity index is 1020. The van der Waals surface area contributed by atoms with Crippen LogP contribution in [0.25, 0.3) is 12.2 Å². The van der Waals surface area contributed by atoms with Crippen molar-refractivity contribution in [3.8, 4) is 6.07 Å². The molecule has 29 heavy (non-hydrogen) atoms. The molecule has 0 saturated carbocycles. The van der Waals surface area contributed by atoms with E-state index in [2.05, 4.69) is 4.99 Å². The fourth-order valence-corrected chi connectivity index (χ4v) is 2.55. The first-order chi connectivity index (χ1) is 13.5. The number of aliphatic imine (C=N–C) groups is 1. The zero-order valence-electron chi connectivity index (χ0n) is 14.9. The van der Waals surface area contributed by atoms with E-state index in [9.17, 15) is 26.3 Å². The molecule has 0 amide bonds. The molecule has 2 aromatic rings. The lowest BCUT2D eigenvalue weighted by Gasteiger charge is -2.13. The molecule has 0 atom stereocenters. The van der Waals surface area contributed by atoms with Gasteiger partial charge in [-0.15, -0.1) is 0 Å². The molecular weight excluding hydrogens is 396 g/mol. The Morgan fingerprint density at radius 3 is 2.24 bits per heavy atom. The molecule has 0 bridgehead atoms. The van der Waals surface area contributed by atoms with Gasteiger partial charge in [-0.05, 0) is 35.4 Å². The van der Waals surface area contributed by atoms with Gasteiger partial charge in [-0.2, -0.15) is 31.6 Å². The first-order valence-electron chi connectivity index (χ1n) is 8.00. The van der Waals surface area contributed by atoms with Gasteiger partial charge in [0.2, 0.25) is 0 Å². The quantitative estimate of drug-likeness (QED) is 0.384. The van der Waals surface area contributed by atoms with E-state index >= 15 is 0 Å². The van der Waals surface area contributed by atoms with Crippen LogP contribution in [0.5, 0.6) is 0 Å². The summed E-state index contributed by atoms with van der Waals surface area (Å²) < 4.78 is 78.4. The number of benzene rings is 2. The highest BCUT2D eigenvalue weighted by Crippen LogP contribution is 2.34. The Morgan fingerprint density at radius 2 is 1.69 bits per heavy atom. The van der Waals surface area contributed by atoms with E-state index in [4.69, 9.17) is 10.7 Å². The average molecular weight is 409 g/mol. The number of hydrogen-bond donors (Lipinski definition) is 1. The van der Waals surface area contributed by atoms with Crippen molar-refractivity contribution in [3.05, 3.63) is 70.3 Å². The molecule has 0 radical (unpaired) electrons. The van der Waals surface area contributed by atoms with Crippen LogP contribution < -0.4 is 0 Å². The zero-order valence-corrected chi connectivity index (χ0v) is 14.9. The van der Waals surface area contributed by atoms with Crippen molar-refractivity contribution < 1.29 is 26.3 Å². The molecule has 150 valence electrons. The fourth-order valence-electron chi connectivity index (χ4n) is 2.55. The number of alkyl halides is 6. The minimum atomic E-state index is -4.71. The Balaban J connectivity index is 2.55. The topological polar surface area (TPSA) is 60.0 Å². The predicted octanol–water partition coefficient (Wildman–Crippen LogP) is 5.86. The van der Waals surface area contributed by atoms with Crippen LogP contribution in [0, 0.1) is 16.7 Å². The van der Waals surface area contributed by atoms with Gasteiger partial charge in [0, 0.05) is 12.6 Å². The molecule has 3 nitrogen and oxygen atoms in total. The van der Waals surface area contributed by atoms with E-state index in [1.807, 2.05) is 0 Å². The van der Waals surface area contributed by atoms with Crippen molar-refractivity contribution in [1.82, 2.24) is 0 Å². The maximum atomic E-state index is 13.3. The van der Waals surface area contributed by atoms with E-state index in [1.165, 1.54) is 13.1 Å². The molecule has 2 rings (SSSR count). The van der Waals surface area contributed by atoms with Crippen LogP contribution in [-0.4, -0.2) is 18.5 Å². The summed E-state index contributed by atoms with van der Waals surface area (Å²) in [6, 6.07) is 8.66. The summed E-state index contributed by atoms with van der Waals surface area (Å²) in [6.45, 7) is 0.